The summed E-state index contributed by atoms with van der Waals surface area (Å²) >= 11 is 5.49. The summed E-state index contributed by atoms with van der Waals surface area (Å²) in [5.41, 5.74) is 3.08. The Morgan fingerprint density at radius 3 is 2.75 bits per heavy atom. The number of rotatable bonds is 4. The summed E-state index contributed by atoms with van der Waals surface area (Å²) in [5, 5.41) is 7.15. The second-order valence-electron chi connectivity index (χ2n) is 7.45. The third kappa shape index (κ3) is 3.89. The number of thiocarbonyl (C=S) groups is 1. The number of amides is 1. The summed E-state index contributed by atoms with van der Waals surface area (Å²) in [6.07, 6.45) is 5.27. The summed E-state index contributed by atoms with van der Waals surface area (Å²) in [4.78, 5) is 14.2. The van der Waals surface area contributed by atoms with Crippen molar-refractivity contribution >= 4 is 28.9 Å². The maximum absolute atomic E-state index is 12.3. The van der Waals surface area contributed by atoms with E-state index in [1.807, 2.05) is 44.0 Å². The van der Waals surface area contributed by atoms with E-state index in [0.717, 1.165) is 28.7 Å². The standard InChI is InChI=1S/C19H27N3OS/c1-12-4-5-13(2)16(8-12)20-18(23)11-22(3)19(24)21-17-10-14-6-7-15(17)9-14/h4-5,8,14-15,17H,6-7,9-11H2,1-3H3,(H,20,23)(H,21,24)/t14-,15-,17+/m1/s1. The van der Waals surface area contributed by atoms with Gasteiger partial charge in [0, 0.05) is 18.8 Å². The minimum Gasteiger partial charge on any atom is -0.360 e. The lowest BCUT2D eigenvalue weighted by Gasteiger charge is -2.28. The zero-order chi connectivity index (χ0) is 17.3. The maximum Gasteiger partial charge on any atom is 0.243 e. The van der Waals surface area contributed by atoms with Crippen molar-refractivity contribution in [2.45, 2.75) is 45.6 Å². The molecule has 24 heavy (non-hydrogen) atoms. The van der Waals surface area contributed by atoms with Gasteiger partial charge in [0.15, 0.2) is 5.11 Å². The SMILES string of the molecule is Cc1ccc(C)c(NC(=O)CN(C)C(=S)N[C@H]2C[C@@H]3CC[C@@H]2C3)c1. The first-order valence-corrected chi connectivity index (χ1v) is 9.22. The fourth-order valence-electron chi connectivity index (χ4n) is 4.04. The molecule has 1 amide bonds. The molecule has 0 spiro atoms. The number of carbonyl (C=O) groups is 1. The van der Waals surface area contributed by atoms with Gasteiger partial charge in [-0.1, -0.05) is 18.6 Å². The average Bonchev–Trinajstić information content (AvgIpc) is 3.13. The minimum atomic E-state index is -0.0386. The Bertz CT molecular complexity index is 645. The number of carbonyl (C=O) groups excluding carboxylic acids is 1. The summed E-state index contributed by atoms with van der Waals surface area (Å²) in [6, 6.07) is 6.57. The topological polar surface area (TPSA) is 44.4 Å². The maximum atomic E-state index is 12.3. The number of hydrogen-bond donors (Lipinski definition) is 2. The minimum absolute atomic E-state index is 0.0386. The molecule has 0 radical (unpaired) electrons. The lowest BCUT2D eigenvalue weighted by atomic mass is 9.95. The van der Waals surface area contributed by atoms with Crippen molar-refractivity contribution in [1.82, 2.24) is 10.2 Å². The number of hydrogen-bond acceptors (Lipinski definition) is 2. The van der Waals surface area contributed by atoms with Crippen molar-refractivity contribution < 1.29 is 4.79 Å². The molecule has 2 aliphatic rings. The number of fused-ring (bicyclic) bond motifs is 2. The average molecular weight is 346 g/mol. The van der Waals surface area contributed by atoms with Crippen LogP contribution in [0.1, 0.15) is 36.8 Å². The van der Waals surface area contributed by atoms with Gasteiger partial charge in [0.1, 0.15) is 0 Å². The predicted octanol–water partition coefficient (Wildman–Crippen LogP) is 3.24. The van der Waals surface area contributed by atoms with Gasteiger partial charge in [0.25, 0.3) is 0 Å². The Morgan fingerprint density at radius 1 is 1.29 bits per heavy atom. The molecule has 0 aliphatic heterocycles. The van der Waals surface area contributed by atoms with Crippen LogP contribution < -0.4 is 10.6 Å². The van der Waals surface area contributed by atoms with Crippen LogP contribution in [0.15, 0.2) is 18.2 Å². The van der Waals surface area contributed by atoms with Crippen LogP contribution in [0.4, 0.5) is 5.69 Å². The molecule has 5 heteroatoms. The van der Waals surface area contributed by atoms with E-state index < -0.39 is 0 Å². The lowest BCUT2D eigenvalue weighted by Crippen LogP contribution is -2.47. The van der Waals surface area contributed by atoms with E-state index in [2.05, 4.69) is 10.6 Å². The smallest absolute Gasteiger partial charge is 0.243 e. The molecule has 2 fully saturated rings. The Hall–Kier alpha value is -1.62. The number of anilines is 1. The first-order chi connectivity index (χ1) is 11.4. The second kappa shape index (κ2) is 7.09. The molecule has 4 nitrogen and oxygen atoms in total. The van der Waals surface area contributed by atoms with Gasteiger partial charge in [-0.05, 0) is 74.4 Å². The lowest BCUT2D eigenvalue weighted by molar-refractivity contribution is -0.116. The molecule has 1 aromatic rings. The Morgan fingerprint density at radius 2 is 2.08 bits per heavy atom. The molecular weight excluding hydrogens is 318 g/mol. The van der Waals surface area contributed by atoms with E-state index >= 15 is 0 Å². The molecule has 0 unspecified atom stereocenters. The van der Waals surface area contributed by atoms with E-state index in [4.69, 9.17) is 12.2 Å². The summed E-state index contributed by atoms with van der Waals surface area (Å²) < 4.78 is 0. The zero-order valence-electron chi connectivity index (χ0n) is 14.8. The zero-order valence-corrected chi connectivity index (χ0v) is 15.6. The third-order valence-corrected chi connectivity index (χ3v) is 5.87. The van der Waals surface area contributed by atoms with Crippen molar-refractivity contribution in [3.8, 4) is 0 Å². The monoisotopic (exact) mass is 345 g/mol. The van der Waals surface area contributed by atoms with Crippen LogP contribution in [0.5, 0.6) is 0 Å². The van der Waals surface area contributed by atoms with Gasteiger partial charge in [-0.15, -0.1) is 0 Å². The highest BCUT2D eigenvalue weighted by Crippen LogP contribution is 2.44. The van der Waals surface area contributed by atoms with Crippen LogP contribution in [-0.2, 0) is 4.79 Å². The second-order valence-corrected chi connectivity index (χ2v) is 7.84. The molecule has 130 valence electrons. The normalized spacial score (nSPS) is 24.7. The van der Waals surface area contributed by atoms with E-state index in [1.165, 1.54) is 25.7 Å². The van der Waals surface area contributed by atoms with Crippen molar-refractivity contribution in [2.24, 2.45) is 11.8 Å². The van der Waals surface area contributed by atoms with Gasteiger partial charge >= 0.3 is 0 Å². The van der Waals surface area contributed by atoms with Crippen LogP contribution in [0.2, 0.25) is 0 Å². The molecular formula is C19H27N3OS. The van der Waals surface area contributed by atoms with Gasteiger partial charge in [0.2, 0.25) is 5.91 Å². The van der Waals surface area contributed by atoms with Gasteiger partial charge in [-0.25, -0.2) is 0 Å². The fourth-order valence-corrected chi connectivity index (χ4v) is 4.25. The van der Waals surface area contributed by atoms with Gasteiger partial charge in [-0.3, -0.25) is 4.79 Å². The fraction of sp³-hybridized carbons (Fsp3) is 0.579. The van der Waals surface area contributed by atoms with E-state index in [1.54, 1.807) is 0 Å². The van der Waals surface area contributed by atoms with Crippen LogP contribution in [0.3, 0.4) is 0 Å². The highest BCUT2D eigenvalue weighted by Gasteiger charge is 2.39. The number of nitrogens with zero attached hydrogens (tertiary/aromatic N) is 1. The Balaban J connectivity index is 1.50. The third-order valence-electron chi connectivity index (χ3n) is 5.44. The van der Waals surface area contributed by atoms with Crippen LogP contribution in [0, 0.1) is 25.7 Å². The van der Waals surface area contributed by atoms with Gasteiger partial charge in [0.05, 0.1) is 6.54 Å². The van der Waals surface area contributed by atoms with Crippen molar-refractivity contribution in [3.63, 3.8) is 0 Å². The summed E-state index contributed by atoms with van der Waals surface area (Å²) in [6.45, 7) is 4.29. The summed E-state index contributed by atoms with van der Waals surface area (Å²) in [7, 11) is 1.88. The van der Waals surface area contributed by atoms with E-state index in [9.17, 15) is 4.79 Å². The largest absolute Gasteiger partial charge is 0.360 e. The van der Waals surface area contributed by atoms with Crippen molar-refractivity contribution in [3.05, 3.63) is 29.3 Å². The van der Waals surface area contributed by atoms with Crippen LogP contribution >= 0.6 is 12.2 Å². The summed E-state index contributed by atoms with van der Waals surface area (Å²) in [5.74, 6) is 1.61. The van der Waals surface area contributed by atoms with E-state index in [-0.39, 0.29) is 12.5 Å². The molecule has 0 saturated heterocycles. The highest BCUT2D eigenvalue weighted by molar-refractivity contribution is 7.80. The molecule has 2 N–H and O–H groups in total. The number of benzene rings is 1. The molecule has 2 aliphatic carbocycles. The molecule has 2 bridgehead atoms. The number of nitrogens with one attached hydrogen (secondary N) is 2. The molecule has 1 aromatic carbocycles. The molecule has 0 aromatic heterocycles. The molecule has 3 rings (SSSR count). The van der Waals surface area contributed by atoms with E-state index in [0.29, 0.717) is 11.2 Å². The first kappa shape index (κ1) is 17.2. The van der Waals surface area contributed by atoms with Gasteiger partial charge in [-0.2, -0.15) is 0 Å². The first-order valence-electron chi connectivity index (χ1n) is 8.81. The van der Waals surface area contributed by atoms with Crippen LogP contribution in [0.25, 0.3) is 0 Å². The predicted molar refractivity (Wildman–Crippen MR) is 102 cm³/mol. The number of aryl methyl sites for hydroxylation is 2. The highest BCUT2D eigenvalue weighted by atomic mass is 32.1. The van der Waals surface area contributed by atoms with Crippen molar-refractivity contribution in [1.29, 1.82) is 0 Å². The quantitative estimate of drug-likeness (QED) is 0.823. The molecule has 2 saturated carbocycles. The Kier molecular flexibility index (Phi) is 5.09. The molecule has 0 heterocycles. The Labute approximate surface area is 150 Å². The number of likely N-dealkylation sites (N-methyl/N-ethyl adjacent to an activating group) is 1. The van der Waals surface area contributed by atoms with Crippen molar-refractivity contribution in [2.75, 3.05) is 18.9 Å². The molecule has 3 atom stereocenters. The van der Waals surface area contributed by atoms with Crippen LogP contribution in [-0.4, -0.2) is 35.6 Å². The van der Waals surface area contributed by atoms with Gasteiger partial charge < -0.3 is 15.5 Å².